The summed E-state index contributed by atoms with van der Waals surface area (Å²) in [6, 6.07) is 10.8. The molecule has 0 amide bonds. The van der Waals surface area contributed by atoms with Crippen molar-refractivity contribution in [2.24, 2.45) is 5.92 Å². The molecule has 1 fully saturated rings. The number of rotatable bonds is 3. The standard InChI is InChI=1S/C18H27NO2/c1-14-10-11-19(13-17(20)21-18(2,3)4)16(12-14)15-8-6-5-7-9-15/h5-9,14,16H,10-13H2,1-4H3. The Morgan fingerprint density at radius 3 is 2.57 bits per heavy atom. The molecular formula is C18H27NO2. The Bertz CT molecular complexity index is 464. The van der Waals surface area contributed by atoms with Crippen LogP contribution >= 0.6 is 0 Å². The summed E-state index contributed by atoms with van der Waals surface area (Å²) < 4.78 is 5.47. The van der Waals surface area contributed by atoms with Crippen molar-refractivity contribution >= 4 is 5.97 Å². The molecule has 0 radical (unpaired) electrons. The average Bonchev–Trinajstić information content (AvgIpc) is 2.40. The molecule has 1 heterocycles. The normalized spacial score (nSPS) is 23.8. The molecule has 116 valence electrons. The van der Waals surface area contributed by atoms with E-state index in [1.165, 1.54) is 5.56 Å². The van der Waals surface area contributed by atoms with Crippen molar-refractivity contribution in [2.45, 2.75) is 52.2 Å². The Hall–Kier alpha value is -1.35. The van der Waals surface area contributed by atoms with Crippen LogP contribution in [-0.4, -0.2) is 29.6 Å². The van der Waals surface area contributed by atoms with E-state index in [0.717, 1.165) is 19.4 Å². The Balaban J connectivity index is 2.07. The zero-order valence-corrected chi connectivity index (χ0v) is 13.6. The second-order valence-corrected chi connectivity index (χ2v) is 7.11. The third-order valence-corrected chi connectivity index (χ3v) is 3.91. The number of hydrogen-bond acceptors (Lipinski definition) is 3. The molecule has 2 unspecified atom stereocenters. The summed E-state index contributed by atoms with van der Waals surface area (Å²) in [4.78, 5) is 14.4. The van der Waals surface area contributed by atoms with Crippen LogP contribution in [0.3, 0.4) is 0 Å². The van der Waals surface area contributed by atoms with Crippen LogP contribution < -0.4 is 0 Å². The van der Waals surface area contributed by atoms with Crippen LogP contribution in [0.5, 0.6) is 0 Å². The van der Waals surface area contributed by atoms with Gasteiger partial charge >= 0.3 is 5.97 Å². The topological polar surface area (TPSA) is 29.5 Å². The van der Waals surface area contributed by atoms with E-state index in [4.69, 9.17) is 4.74 Å². The van der Waals surface area contributed by atoms with Gasteiger partial charge in [0.15, 0.2) is 0 Å². The fourth-order valence-electron chi connectivity index (χ4n) is 2.94. The van der Waals surface area contributed by atoms with Crippen LogP contribution in [0.2, 0.25) is 0 Å². The molecule has 1 aliphatic heterocycles. The van der Waals surface area contributed by atoms with Crippen molar-refractivity contribution < 1.29 is 9.53 Å². The molecule has 1 aliphatic rings. The van der Waals surface area contributed by atoms with E-state index >= 15 is 0 Å². The number of esters is 1. The van der Waals surface area contributed by atoms with Gasteiger partial charge in [-0.25, -0.2) is 0 Å². The molecule has 3 heteroatoms. The van der Waals surface area contributed by atoms with Crippen molar-refractivity contribution in [3.63, 3.8) is 0 Å². The van der Waals surface area contributed by atoms with Gasteiger partial charge in [0, 0.05) is 6.04 Å². The largest absolute Gasteiger partial charge is 0.459 e. The minimum absolute atomic E-state index is 0.127. The Morgan fingerprint density at radius 1 is 1.29 bits per heavy atom. The number of carbonyl (C=O) groups is 1. The summed E-state index contributed by atoms with van der Waals surface area (Å²) >= 11 is 0. The number of carbonyl (C=O) groups excluding carboxylic acids is 1. The second-order valence-electron chi connectivity index (χ2n) is 7.11. The molecule has 1 aromatic rings. The first-order valence-corrected chi connectivity index (χ1v) is 7.86. The first-order valence-electron chi connectivity index (χ1n) is 7.86. The predicted molar refractivity (Wildman–Crippen MR) is 85.0 cm³/mol. The number of piperidine rings is 1. The SMILES string of the molecule is CC1CCN(CC(=O)OC(C)(C)C)C(c2ccccc2)C1. The third-order valence-electron chi connectivity index (χ3n) is 3.91. The maximum absolute atomic E-state index is 12.1. The predicted octanol–water partition coefficient (Wildman–Crippen LogP) is 3.80. The zero-order valence-electron chi connectivity index (χ0n) is 13.6. The monoisotopic (exact) mass is 289 g/mol. The van der Waals surface area contributed by atoms with Gasteiger partial charge in [0.2, 0.25) is 0 Å². The molecule has 0 N–H and O–H groups in total. The van der Waals surface area contributed by atoms with Gasteiger partial charge in [-0.15, -0.1) is 0 Å². The summed E-state index contributed by atoms with van der Waals surface area (Å²) in [5.74, 6) is 0.572. The van der Waals surface area contributed by atoms with E-state index in [0.29, 0.717) is 18.5 Å². The highest BCUT2D eigenvalue weighted by molar-refractivity contribution is 5.72. The molecule has 0 saturated carbocycles. The zero-order chi connectivity index (χ0) is 15.5. The van der Waals surface area contributed by atoms with Gasteiger partial charge in [0.25, 0.3) is 0 Å². The highest BCUT2D eigenvalue weighted by atomic mass is 16.6. The van der Waals surface area contributed by atoms with Crippen molar-refractivity contribution in [2.75, 3.05) is 13.1 Å². The molecule has 1 saturated heterocycles. The lowest BCUT2D eigenvalue weighted by Crippen LogP contribution is -2.41. The van der Waals surface area contributed by atoms with Gasteiger partial charge in [-0.1, -0.05) is 37.3 Å². The van der Waals surface area contributed by atoms with Crippen molar-refractivity contribution in [3.05, 3.63) is 35.9 Å². The highest BCUT2D eigenvalue weighted by Crippen LogP contribution is 2.33. The maximum atomic E-state index is 12.1. The molecular weight excluding hydrogens is 262 g/mol. The highest BCUT2D eigenvalue weighted by Gasteiger charge is 2.30. The summed E-state index contributed by atoms with van der Waals surface area (Å²) in [7, 11) is 0. The molecule has 3 nitrogen and oxygen atoms in total. The van der Waals surface area contributed by atoms with Crippen LogP contribution in [0.4, 0.5) is 0 Å². The first kappa shape index (κ1) is 16.0. The van der Waals surface area contributed by atoms with Gasteiger partial charge < -0.3 is 4.74 Å². The fraction of sp³-hybridized carbons (Fsp3) is 0.611. The molecule has 2 rings (SSSR count). The molecule has 0 aliphatic carbocycles. The van der Waals surface area contributed by atoms with E-state index in [-0.39, 0.29) is 5.97 Å². The summed E-state index contributed by atoms with van der Waals surface area (Å²) in [6.45, 7) is 9.37. The Labute approximate surface area is 128 Å². The first-order chi connectivity index (χ1) is 9.85. The van der Waals surface area contributed by atoms with E-state index in [2.05, 4.69) is 36.1 Å². The van der Waals surface area contributed by atoms with Crippen LogP contribution in [0.25, 0.3) is 0 Å². The van der Waals surface area contributed by atoms with Gasteiger partial charge in [-0.2, -0.15) is 0 Å². The van der Waals surface area contributed by atoms with Crippen molar-refractivity contribution in [3.8, 4) is 0 Å². The number of hydrogen-bond donors (Lipinski definition) is 0. The van der Waals surface area contributed by atoms with Crippen LogP contribution in [0.15, 0.2) is 30.3 Å². The molecule has 21 heavy (non-hydrogen) atoms. The minimum atomic E-state index is -0.414. The number of ether oxygens (including phenoxy) is 1. The number of benzene rings is 1. The van der Waals surface area contributed by atoms with Gasteiger partial charge in [-0.3, -0.25) is 9.69 Å². The summed E-state index contributed by atoms with van der Waals surface area (Å²) in [5, 5.41) is 0. The van der Waals surface area contributed by atoms with Crippen molar-refractivity contribution in [1.29, 1.82) is 0 Å². The molecule has 0 aromatic heterocycles. The lowest BCUT2D eigenvalue weighted by molar-refractivity contribution is -0.157. The van der Waals surface area contributed by atoms with E-state index in [1.807, 2.05) is 26.8 Å². The van der Waals surface area contributed by atoms with Crippen LogP contribution in [0.1, 0.15) is 52.1 Å². The van der Waals surface area contributed by atoms with Gasteiger partial charge in [-0.05, 0) is 51.6 Å². The van der Waals surface area contributed by atoms with Crippen LogP contribution in [0, 0.1) is 5.92 Å². The smallest absolute Gasteiger partial charge is 0.320 e. The minimum Gasteiger partial charge on any atom is -0.459 e. The number of nitrogens with zero attached hydrogens (tertiary/aromatic N) is 1. The lowest BCUT2D eigenvalue weighted by atomic mass is 9.88. The third kappa shape index (κ3) is 4.85. The average molecular weight is 289 g/mol. The van der Waals surface area contributed by atoms with E-state index < -0.39 is 5.60 Å². The van der Waals surface area contributed by atoms with E-state index in [9.17, 15) is 4.79 Å². The van der Waals surface area contributed by atoms with Gasteiger partial charge in [0.05, 0.1) is 6.54 Å². The lowest BCUT2D eigenvalue weighted by Gasteiger charge is -2.38. The van der Waals surface area contributed by atoms with Gasteiger partial charge in [0.1, 0.15) is 5.60 Å². The summed E-state index contributed by atoms with van der Waals surface area (Å²) in [6.07, 6.45) is 2.25. The number of likely N-dealkylation sites (tertiary alicyclic amines) is 1. The molecule has 0 spiro atoms. The van der Waals surface area contributed by atoms with E-state index in [1.54, 1.807) is 0 Å². The molecule has 1 aromatic carbocycles. The second kappa shape index (κ2) is 6.61. The quantitative estimate of drug-likeness (QED) is 0.793. The molecule has 0 bridgehead atoms. The molecule has 2 atom stereocenters. The summed E-state index contributed by atoms with van der Waals surface area (Å²) in [5.41, 5.74) is 0.884. The fourth-order valence-corrected chi connectivity index (χ4v) is 2.94. The Kier molecular flexibility index (Phi) is 5.04. The maximum Gasteiger partial charge on any atom is 0.320 e. The van der Waals surface area contributed by atoms with Crippen molar-refractivity contribution in [1.82, 2.24) is 4.90 Å². The Morgan fingerprint density at radius 2 is 1.95 bits per heavy atom. The van der Waals surface area contributed by atoms with Crippen LogP contribution in [-0.2, 0) is 9.53 Å².